The number of hydrogen-bond donors (Lipinski definition) is 2. The molecule has 0 fully saturated rings. The first kappa shape index (κ1) is 22.6. The van der Waals surface area contributed by atoms with Crippen LogP contribution >= 0.6 is 0 Å². The van der Waals surface area contributed by atoms with Crippen molar-refractivity contribution >= 4 is 34.5 Å². The van der Waals surface area contributed by atoms with Crippen molar-refractivity contribution in [3.63, 3.8) is 0 Å². The minimum Gasteiger partial charge on any atom is -0.465 e. The Labute approximate surface area is 204 Å². The van der Waals surface area contributed by atoms with Gasteiger partial charge in [0.2, 0.25) is 0 Å². The first-order valence-electron chi connectivity index (χ1n) is 11.7. The van der Waals surface area contributed by atoms with Crippen LogP contribution in [0.4, 0.5) is 11.4 Å². The fourth-order valence-corrected chi connectivity index (χ4v) is 4.48. The molecule has 5 rings (SSSR count). The molecule has 0 radical (unpaired) electrons. The van der Waals surface area contributed by atoms with Gasteiger partial charge in [-0.25, -0.2) is 4.79 Å². The molecule has 0 spiro atoms. The van der Waals surface area contributed by atoms with Gasteiger partial charge in [0.05, 0.1) is 29.6 Å². The highest BCUT2D eigenvalue weighted by atomic mass is 16.5. The van der Waals surface area contributed by atoms with Crippen LogP contribution in [-0.4, -0.2) is 37.0 Å². The van der Waals surface area contributed by atoms with Gasteiger partial charge >= 0.3 is 5.97 Å². The fraction of sp³-hybridized carbons (Fsp3) is 0.172. The van der Waals surface area contributed by atoms with Crippen LogP contribution in [-0.2, 0) is 16.1 Å². The second-order valence-corrected chi connectivity index (χ2v) is 8.64. The number of rotatable bonds is 6. The molecule has 2 N–H and O–H groups in total. The van der Waals surface area contributed by atoms with Crippen molar-refractivity contribution in [2.45, 2.75) is 13.0 Å². The summed E-state index contributed by atoms with van der Waals surface area (Å²) in [6.45, 7) is 2.97. The van der Waals surface area contributed by atoms with E-state index in [9.17, 15) is 9.59 Å². The normalized spacial score (nSPS) is 16.4. The van der Waals surface area contributed by atoms with E-state index in [4.69, 9.17) is 4.74 Å². The highest BCUT2D eigenvalue weighted by Crippen LogP contribution is 2.38. The predicted molar refractivity (Wildman–Crippen MR) is 139 cm³/mol. The predicted octanol–water partition coefficient (Wildman–Crippen LogP) is 5.17. The molecule has 2 heterocycles. The van der Waals surface area contributed by atoms with E-state index in [-0.39, 0.29) is 5.91 Å². The van der Waals surface area contributed by atoms with Gasteiger partial charge in [-0.15, -0.1) is 0 Å². The lowest BCUT2D eigenvalue weighted by Gasteiger charge is -2.23. The summed E-state index contributed by atoms with van der Waals surface area (Å²) in [5.41, 5.74) is 6.00. The van der Waals surface area contributed by atoms with Gasteiger partial charge in [0.15, 0.2) is 0 Å². The maximum absolute atomic E-state index is 13.1. The molecule has 176 valence electrons. The van der Waals surface area contributed by atoms with Gasteiger partial charge in [-0.1, -0.05) is 60.7 Å². The number of fused-ring (bicyclic) bond motifs is 1. The van der Waals surface area contributed by atoms with E-state index < -0.39 is 5.97 Å². The van der Waals surface area contributed by atoms with Gasteiger partial charge in [0.25, 0.3) is 5.91 Å². The van der Waals surface area contributed by atoms with Gasteiger partial charge in [0, 0.05) is 30.9 Å². The largest absolute Gasteiger partial charge is 0.465 e. The molecule has 0 atom stereocenters. The molecule has 3 aromatic rings. The first-order valence-corrected chi connectivity index (χ1v) is 11.7. The second-order valence-electron chi connectivity index (χ2n) is 8.64. The summed E-state index contributed by atoms with van der Waals surface area (Å²) in [5, 5.41) is 6.39. The molecule has 2 aliphatic heterocycles. The Hall–Kier alpha value is -4.16. The Kier molecular flexibility index (Phi) is 6.46. The smallest absolute Gasteiger partial charge is 0.337 e. The molecule has 6 heteroatoms. The summed E-state index contributed by atoms with van der Waals surface area (Å²) in [6, 6.07) is 23.2. The average Bonchev–Trinajstić information content (AvgIpc) is 3.23. The maximum atomic E-state index is 13.1. The molecular formula is C29H27N3O3. The molecule has 3 aromatic carbocycles. The number of carbonyl (C=O) groups excluding carboxylic acids is 2. The highest BCUT2D eigenvalue weighted by Gasteiger charge is 2.29. The Morgan fingerprint density at radius 3 is 2.51 bits per heavy atom. The van der Waals surface area contributed by atoms with E-state index in [1.165, 1.54) is 12.7 Å². The summed E-state index contributed by atoms with van der Waals surface area (Å²) >= 11 is 0. The monoisotopic (exact) mass is 465 g/mol. The SMILES string of the molecule is COC(=O)c1ccc2c(c1)NC(=O)/C2=C(\Nc1ccc(CN2CC=CCC2)cc1)c1ccccc1. The summed E-state index contributed by atoms with van der Waals surface area (Å²) < 4.78 is 4.82. The fourth-order valence-electron chi connectivity index (χ4n) is 4.48. The summed E-state index contributed by atoms with van der Waals surface area (Å²) in [6.07, 6.45) is 5.55. The molecule has 0 saturated heterocycles. The average molecular weight is 466 g/mol. The van der Waals surface area contributed by atoms with E-state index in [0.29, 0.717) is 22.5 Å². The Morgan fingerprint density at radius 1 is 1.00 bits per heavy atom. The molecule has 2 aliphatic rings. The number of nitrogens with one attached hydrogen (secondary N) is 2. The Morgan fingerprint density at radius 2 is 1.80 bits per heavy atom. The van der Waals surface area contributed by atoms with Gasteiger partial charge in [-0.3, -0.25) is 9.69 Å². The van der Waals surface area contributed by atoms with Crippen LogP contribution in [0.25, 0.3) is 11.3 Å². The van der Waals surface area contributed by atoms with Crippen LogP contribution in [0.3, 0.4) is 0 Å². The molecule has 0 bridgehead atoms. The van der Waals surface area contributed by atoms with Crippen molar-refractivity contribution in [1.82, 2.24) is 4.90 Å². The van der Waals surface area contributed by atoms with E-state index in [2.05, 4.69) is 39.8 Å². The number of hydrogen-bond acceptors (Lipinski definition) is 5. The van der Waals surface area contributed by atoms with Crippen LogP contribution in [0.2, 0.25) is 0 Å². The van der Waals surface area contributed by atoms with Crippen LogP contribution < -0.4 is 10.6 Å². The number of amides is 1. The number of esters is 1. The second kappa shape index (κ2) is 9.99. The van der Waals surface area contributed by atoms with Crippen LogP contribution in [0, 0.1) is 0 Å². The lowest BCUT2D eigenvalue weighted by molar-refractivity contribution is -0.110. The van der Waals surface area contributed by atoms with Crippen molar-refractivity contribution in [2.24, 2.45) is 0 Å². The third-order valence-corrected chi connectivity index (χ3v) is 6.27. The Bertz CT molecular complexity index is 1310. The molecule has 0 aliphatic carbocycles. The number of methoxy groups -OCH3 is 1. The van der Waals surface area contributed by atoms with Gasteiger partial charge in [-0.2, -0.15) is 0 Å². The third kappa shape index (κ3) is 4.88. The quantitative estimate of drug-likeness (QED) is 0.299. The molecule has 0 saturated carbocycles. The van der Waals surface area contributed by atoms with Crippen LogP contribution in [0.5, 0.6) is 0 Å². The summed E-state index contributed by atoms with van der Waals surface area (Å²) in [4.78, 5) is 27.5. The maximum Gasteiger partial charge on any atom is 0.337 e. The zero-order valence-corrected chi connectivity index (χ0v) is 19.6. The number of carbonyl (C=O) groups is 2. The number of benzene rings is 3. The number of ether oxygens (including phenoxy) is 1. The Balaban J connectivity index is 1.48. The zero-order chi connectivity index (χ0) is 24.2. The van der Waals surface area contributed by atoms with Crippen molar-refractivity contribution in [3.05, 3.63) is 107 Å². The van der Waals surface area contributed by atoms with E-state index >= 15 is 0 Å². The minimum atomic E-state index is -0.443. The number of anilines is 2. The van der Waals surface area contributed by atoms with Crippen molar-refractivity contribution in [1.29, 1.82) is 0 Å². The zero-order valence-electron chi connectivity index (χ0n) is 19.6. The van der Waals surface area contributed by atoms with Gasteiger partial charge in [0.1, 0.15) is 0 Å². The van der Waals surface area contributed by atoms with Crippen LogP contribution in [0.1, 0.15) is 33.5 Å². The van der Waals surface area contributed by atoms with E-state index in [0.717, 1.165) is 42.9 Å². The summed E-state index contributed by atoms with van der Waals surface area (Å²) in [7, 11) is 1.34. The molecule has 1 amide bonds. The highest BCUT2D eigenvalue weighted by molar-refractivity contribution is 6.37. The molecular weight excluding hydrogens is 438 g/mol. The van der Waals surface area contributed by atoms with Crippen molar-refractivity contribution in [3.8, 4) is 0 Å². The molecule has 0 aromatic heterocycles. The minimum absolute atomic E-state index is 0.219. The number of nitrogens with zero attached hydrogens (tertiary/aromatic N) is 1. The van der Waals surface area contributed by atoms with E-state index in [1.54, 1.807) is 18.2 Å². The lowest BCUT2D eigenvalue weighted by Crippen LogP contribution is -2.26. The van der Waals surface area contributed by atoms with Gasteiger partial charge in [-0.05, 0) is 41.8 Å². The third-order valence-electron chi connectivity index (χ3n) is 6.27. The standard InChI is InChI=1S/C29H27N3O3/c1-35-29(34)22-12-15-24-25(18-22)31-28(33)26(24)27(21-8-4-2-5-9-21)30-23-13-10-20(11-14-23)19-32-16-6-3-7-17-32/h2-6,8-15,18,30H,7,16-17,19H2,1H3,(H,31,33)/b27-26-. The summed E-state index contributed by atoms with van der Waals surface area (Å²) in [5.74, 6) is -0.662. The van der Waals surface area contributed by atoms with Crippen molar-refractivity contribution < 1.29 is 14.3 Å². The van der Waals surface area contributed by atoms with Gasteiger partial charge < -0.3 is 15.4 Å². The lowest BCUT2D eigenvalue weighted by atomic mass is 9.99. The topological polar surface area (TPSA) is 70.7 Å². The molecule has 0 unspecified atom stereocenters. The van der Waals surface area contributed by atoms with E-state index in [1.807, 2.05) is 42.5 Å². The first-order chi connectivity index (χ1) is 17.1. The van der Waals surface area contributed by atoms with Crippen LogP contribution in [0.15, 0.2) is 84.9 Å². The molecule has 6 nitrogen and oxygen atoms in total. The molecule has 35 heavy (non-hydrogen) atoms. The van der Waals surface area contributed by atoms with Crippen molar-refractivity contribution in [2.75, 3.05) is 30.8 Å².